The highest BCUT2D eigenvalue weighted by Crippen LogP contribution is 2.32. The van der Waals surface area contributed by atoms with E-state index >= 15 is 0 Å². The Morgan fingerprint density at radius 2 is 2.05 bits per heavy atom. The average Bonchev–Trinajstić information content (AvgIpc) is 2.41. The zero-order valence-electron chi connectivity index (χ0n) is 12.7. The lowest BCUT2D eigenvalue weighted by Gasteiger charge is -2.39. The lowest BCUT2D eigenvalue weighted by molar-refractivity contribution is 0.225. The summed E-state index contributed by atoms with van der Waals surface area (Å²) in [5.41, 5.74) is 6.89. The molecule has 1 aliphatic carbocycles. The molecule has 1 saturated carbocycles. The number of benzene rings is 1. The van der Waals surface area contributed by atoms with Gasteiger partial charge < -0.3 is 16.4 Å². The molecule has 1 aromatic carbocycles. The van der Waals surface area contributed by atoms with E-state index in [1.54, 1.807) is 0 Å². The lowest BCUT2D eigenvalue weighted by atomic mass is 9.76. The predicted octanol–water partition coefficient (Wildman–Crippen LogP) is 3.00. The first kappa shape index (κ1) is 15.4. The van der Waals surface area contributed by atoms with Crippen LogP contribution < -0.4 is 16.4 Å². The predicted molar refractivity (Wildman–Crippen MR) is 85.6 cm³/mol. The maximum Gasteiger partial charge on any atom is 0.320 e. The maximum absolute atomic E-state index is 12.2. The minimum Gasteiger partial charge on any atom is -0.386 e. The zero-order chi connectivity index (χ0) is 15.5. The highest BCUT2D eigenvalue weighted by Gasteiger charge is 2.38. The standard InChI is InChI=1S/C16H24N4O/c1-11-6-8-16(9-7-11,14(17)18)20-15(21)19-13-5-3-4-12(2)10-13/h3-5,10-11H,6-9H2,1-2H3,(H3,17,18)(H2,19,20,21). The molecule has 0 spiro atoms. The van der Waals surface area contributed by atoms with Crippen LogP contribution in [-0.4, -0.2) is 17.4 Å². The molecular formula is C16H24N4O. The summed E-state index contributed by atoms with van der Waals surface area (Å²) < 4.78 is 0. The summed E-state index contributed by atoms with van der Waals surface area (Å²) >= 11 is 0. The zero-order valence-corrected chi connectivity index (χ0v) is 12.7. The van der Waals surface area contributed by atoms with Crippen LogP contribution in [0.2, 0.25) is 0 Å². The monoisotopic (exact) mass is 288 g/mol. The molecule has 0 aromatic heterocycles. The molecular weight excluding hydrogens is 264 g/mol. The van der Waals surface area contributed by atoms with Gasteiger partial charge in [0.2, 0.25) is 0 Å². The number of nitrogens with one attached hydrogen (secondary N) is 3. The Hall–Kier alpha value is -2.04. The minimum absolute atomic E-state index is 0.0498. The van der Waals surface area contributed by atoms with Crippen molar-refractivity contribution in [3.05, 3.63) is 29.8 Å². The molecule has 21 heavy (non-hydrogen) atoms. The molecule has 5 N–H and O–H groups in total. The number of nitrogens with two attached hydrogens (primary N) is 1. The van der Waals surface area contributed by atoms with Gasteiger partial charge in [-0.3, -0.25) is 5.41 Å². The number of amides is 2. The van der Waals surface area contributed by atoms with Crippen LogP contribution in [0.1, 0.15) is 38.2 Å². The molecule has 114 valence electrons. The lowest BCUT2D eigenvalue weighted by Crippen LogP contribution is -2.59. The van der Waals surface area contributed by atoms with Crippen LogP contribution >= 0.6 is 0 Å². The van der Waals surface area contributed by atoms with Crippen molar-refractivity contribution in [3.8, 4) is 0 Å². The van der Waals surface area contributed by atoms with Gasteiger partial charge in [0.05, 0.1) is 5.54 Å². The van der Waals surface area contributed by atoms with Crippen LogP contribution in [0.15, 0.2) is 24.3 Å². The molecule has 5 heteroatoms. The second kappa shape index (κ2) is 6.16. The number of rotatable bonds is 3. The summed E-state index contributed by atoms with van der Waals surface area (Å²) in [4.78, 5) is 12.2. The van der Waals surface area contributed by atoms with Crippen molar-refractivity contribution >= 4 is 17.6 Å². The Bertz CT molecular complexity index is 533. The van der Waals surface area contributed by atoms with Crippen LogP contribution in [-0.2, 0) is 0 Å². The average molecular weight is 288 g/mol. The molecule has 0 atom stereocenters. The van der Waals surface area contributed by atoms with E-state index in [0.717, 1.165) is 36.9 Å². The summed E-state index contributed by atoms with van der Waals surface area (Å²) in [6.07, 6.45) is 3.41. The molecule has 1 aromatic rings. The van der Waals surface area contributed by atoms with E-state index in [4.69, 9.17) is 11.1 Å². The summed E-state index contributed by atoms with van der Waals surface area (Å²) in [7, 11) is 0. The Morgan fingerprint density at radius 3 is 2.62 bits per heavy atom. The van der Waals surface area contributed by atoms with E-state index in [1.165, 1.54) is 0 Å². The Balaban J connectivity index is 2.04. The van der Waals surface area contributed by atoms with Crippen molar-refractivity contribution in [2.75, 3.05) is 5.32 Å². The second-order valence-electron chi connectivity index (χ2n) is 6.13. The van der Waals surface area contributed by atoms with Crippen molar-refractivity contribution in [1.82, 2.24) is 5.32 Å². The highest BCUT2D eigenvalue weighted by atomic mass is 16.2. The van der Waals surface area contributed by atoms with Crippen molar-refractivity contribution in [2.24, 2.45) is 11.7 Å². The van der Waals surface area contributed by atoms with E-state index in [9.17, 15) is 4.79 Å². The van der Waals surface area contributed by atoms with Gasteiger partial charge in [0.1, 0.15) is 5.84 Å². The number of anilines is 1. The molecule has 2 amide bonds. The van der Waals surface area contributed by atoms with Crippen molar-refractivity contribution < 1.29 is 4.79 Å². The van der Waals surface area contributed by atoms with Crippen LogP contribution in [0, 0.1) is 18.3 Å². The first-order valence-electron chi connectivity index (χ1n) is 7.42. The number of hydrogen-bond acceptors (Lipinski definition) is 2. The number of amidine groups is 1. The quantitative estimate of drug-likeness (QED) is 0.508. The second-order valence-corrected chi connectivity index (χ2v) is 6.13. The highest BCUT2D eigenvalue weighted by molar-refractivity contribution is 5.96. The Morgan fingerprint density at radius 1 is 1.38 bits per heavy atom. The molecule has 0 unspecified atom stereocenters. The number of carbonyl (C=O) groups excluding carboxylic acids is 1. The third-order valence-corrected chi connectivity index (χ3v) is 4.27. The minimum atomic E-state index is -0.694. The van der Waals surface area contributed by atoms with E-state index in [2.05, 4.69) is 17.6 Å². The third-order valence-electron chi connectivity index (χ3n) is 4.27. The first-order valence-corrected chi connectivity index (χ1v) is 7.42. The molecule has 0 bridgehead atoms. The van der Waals surface area contributed by atoms with Gasteiger partial charge in [-0.25, -0.2) is 4.79 Å². The summed E-state index contributed by atoms with van der Waals surface area (Å²) in [5.74, 6) is 0.674. The molecule has 0 radical (unpaired) electrons. The summed E-state index contributed by atoms with van der Waals surface area (Å²) in [5, 5.41) is 13.6. The fourth-order valence-electron chi connectivity index (χ4n) is 2.82. The van der Waals surface area contributed by atoms with Gasteiger partial charge in [0.25, 0.3) is 0 Å². The smallest absolute Gasteiger partial charge is 0.320 e. The molecule has 1 fully saturated rings. The van der Waals surface area contributed by atoms with Crippen LogP contribution in [0.3, 0.4) is 0 Å². The molecule has 2 rings (SSSR count). The topological polar surface area (TPSA) is 91.0 Å². The van der Waals surface area contributed by atoms with Gasteiger partial charge in [0, 0.05) is 5.69 Å². The molecule has 5 nitrogen and oxygen atoms in total. The number of urea groups is 1. The van der Waals surface area contributed by atoms with Crippen molar-refractivity contribution in [2.45, 2.75) is 45.1 Å². The van der Waals surface area contributed by atoms with E-state index < -0.39 is 5.54 Å². The number of hydrogen-bond donors (Lipinski definition) is 4. The Labute approximate surface area is 125 Å². The van der Waals surface area contributed by atoms with Gasteiger partial charge in [-0.15, -0.1) is 0 Å². The third kappa shape index (κ3) is 3.74. The van der Waals surface area contributed by atoms with E-state index in [-0.39, 0.29) is 11.9 Å². The van der Waals surface area contributed by atoms with Crippen LogP contribution in [0.4, 0.5) is 10.5 Å². The number of aryl methyl sites for hydroxylation is 1. The fraction of sp³-hybridized carbons (Fsp3) is 0.500. The van der Waals surface area contributed by atoms with Crippen molar-refractivity contribution in [1.29, 1.82) is 5.41 Å². The largest absolute Gasteiger partial charge is 0.386 e. The van der Waals surface area contributed by atoms with Crippen LogP contribution in [0.5, 0.6) is 0 Å². The SMILES string of the molecule is Cc1cccc(NC(=O)NC2(C(=N)N)CCC(C)CC2)c1. The fourth-order valence-corrected chi connectivity index (χ4v) is 2.82. The van der Waals surface area contributed by atoms with Gasteiger partial charge >= 0.3 is 6.03 Å². The normalized spacial score (nSPS) is 25.1. The van der Waals surface area contributed by atoms with E-state index in [0.29, 0.717) is 5.92 Å². The first-order chi connectivity index (χ1) is 9.91. The van der Waals surface area contributed by atoms with E-state index in [1.807, 2.05) is 31.2 Å². The van der Waals surface area contributed by atoms with Crippen molar-refractivity contribution in [3.63, 3.8) is 0 Å². The molecule has 0 aliphatic heterocycles. The summed E-state index contributed by atoms with van der Waals surface area (Å²) in [6, 6.07) is 7.32. The molecule has 0 heterocycles. The van der Waals surface area contributed by atoms with Gasteiger partial charge in [-0.1, -0.05) is 19.1 Å². The maximum atomic E-state index is 12.2. The van der Waals surface area contributed by atoms with Gasteiger partial charge in [-0.05, 0) is 56.2 Å². The Kier molecular flexibility index (Phi) is 4.50. The van der Waals surface area contributed by atoms with Gasteiger partial charge in [0.15, 0.2) is 0 Å². The molecule has 0 saturated heterocycles. The molecule has 1 aliphatic rings. The number of carbonyl (C=O) groups is 1. The van der Waals surface area contributed by atoms with Gasteiger partial charge in [-0.2, -0.15) is 0 Å². The summed E-state index contributed by atoms with van der Waals surface area (Å²) in [6.45, 7) is 4.17. The van der Waals surface area contributed by atoms with Crippen LogP contribution in [0.25, 0.3) is 0 Å².